The number of carbonyl (C=O) groups is 2. The summed E-state index contributed by atoms with van der Waals surface area (Å²) in [6.07, 6.45) is -16.1. The topological polar surface area (TPSA) is 323 Å². The van der Waals surface area contributed by atoms with Gasteiger partial charge in [0.05, 0.1) is 54.9 Å². The average Bonchev–Trinajstić information content (AvgIpc) is 1.65. The van der Waals surface area contributed by atoms with Gasteiger partial charge in [-0.05, 0) is 111 Å². The van der Waals surface area contributed by atoms with Crippen LogP contribution in [0.4, 0.5) is 0 Å². The Morgan fingerprint density at radius 2 is 1.17 bits per heavy atom. The summed E-state index contributed by atoms with van der Waals surface area (Å²) < 4.78 is 99.1. The van der Waals surface area contributed by atoms with Crippen LogP contribution >= 0.6 is 0 Å². The average molecular weight is 1250 g/mol. The number of rotatable bonds is 19. The molecule has 25 nitrogen and oxygen atoms in total. The first kappa shape index (κ1) is 68.9. The Balaban J connectivity index is 0.784. The molecule has 0 amide bonds. The third-order valence-corrected chi connectivity index (χ3v) is 21.6. The molecule has 0 bridgehead atoms. The van der Waals surface area contributed by atoms with E-state index in [2.05, 4.69) is 13.0 Å². The Morgan fingerprint density at radius 3 is 1.70 bits per heavy atom. The number of aliphatic hydroxyl groups excluding tert-OH is 6. The van der Waals surface area contributed by atoms with E-state index in [1.54, 1.807) is 48.0 Å². The highest BCUT2D eigenvalue weighted by atomic mass is 16.8. The minimum absolute atomic E-state index is 0.0233. The molecule has 0 aromatic rings. The Labute approximate surface area is 510 Å². The molecule has 9 aliphatic rings. The molecule has 0 unspecified atom stereocenters. The third-order valence-electron chi connectivity index (χ3n) is 21.6. The number of allylic oxidation sites excluding steroid dienone is 2. The molecule has 7 N–H and O–H groups in total. The van der Waals surface area contributed by atoms with Gasteiger partial charge in [0, 0.05) is 65.1 Å². The summed E-state index contributed by atoms with van der Waals surface area (Å²) in [5.74, 6) is -1.06. The Hall–Kier alpha value is -2.42. The Morgan fingerprint density at radius 1 is 0.644 bits per heavy atom. The van der Waals surface area contributed by atoms with E-state index in [1.165, 1.54) is 26.7 Å². The molecular formula is C62H100O25. The van der Waals surface area contributed by atoms with Gasteiger partial charge in [-0.15, -0.1) is 0 Å². The van der Waals surface area contributed by atoms with Gasteiger partial charge in [-0.2, -0.15) is 0 Å². The van der Waals surface area contributed by atoms with Gasteiger partial charge in [0.1, 0.15) is 85.5 Å². The van der Waals surface area contributed by atoms with Crippen LogP contribution in [0, 0.1) is 28.6 Å². The van der Waals surface area contributed by atoms with E-state index in [0.29, 0.717) is 44.1 Å². The van der Waals surface area contributed by atoms with Gasteiger partial charge >= 0.3 is 11.9 Å². The number of hydrogen-bond acceptors (Lipinski definition) is 25. The smallest absolute Gasteiger partial charge is 0.333 e. The first-order chi connectivity index (χ1) is 41.2. The van der Waals surface area contributed by atoms with Gasteiger partial charge in [0.25, 0.3) is 0 Å². The van der Waals surface area contributed by atoms with E-state index in [-0.39, 0.29) is 41.7 Å². The number of aliphatic hydroxyl groups is 7. The van der Waals surface area contributed by atoms with Crippen molar-refractivity contribution >= 4 is 11.9 Å². The Kier molecular flexibility index (Phi) is 22.2. The van der Waals surface area contributed by atoms with Gasteiger partial charge < -0.3 is 112 Å². The quantitative estimate of drug-likeness (QED) is 0.0555. The van der Waals surface area contributed by atoms with Crippen LogP contribution in [0.25, 0.3) is 0 Å². The number of ether oxygens (including phenoxy) is 16. The van der Waals surface area contributed by atoms with Crippen molar-refractivity contribution in [2.45, 2.75) is 292 Å². The van der Waals surface area contributed by atoms with Crippen molar-refractivity contribution < 1.29 is 121 Å². The lowest BCUT2D eigenvalue weighted by atomic mass is 9.44. The van der Waals surface area contributed by atoms with E-state index in [0.717, 1.165) is 12.8 Å². The minimum Gasteiger partial charge on any atom is -0.463 e. The van der Waals surface area contributed by atoms with Gasteiger partial charge in [-0.1, -0.05) is 31.6 Å². The minimum atomic E-state index is -1.71. The number of fused-ring (bicyclic) bond motifs is 5. The van der Waals surface area contributed by atoms with Crippen molar-refractivity contribution in [3.63, 3.8) is 0 Å². The Bertz CT molecular complexity index is 2380. The highest BCUT2D eigenvalue weighted by Gasteiger charge is 2.72. The molecular weight excluding hydrogens is 1140 g/mol. The van der Waals surface area contributed by atoms with E-state index in [9.17, 15) is 45.3 Å². The van der Waals surface area contributed by atoms with Gasteiger partial charge in [0.2, 0.25) is 0 Å². The summed E-state index contributed by atoms with van der Waals surface area (Å²) in [6.45, 7) is 17.5. The molecule has 87 heavy (non-hydrogen) atoms. The van der Waals surface area contributed by atoms with Crippen LogP contribution in [-0.4, -0.2) is 248 Å². The zero-order chi connectivity index (χ0) is 63.4. The standard InChI is InChI=1S/C62H100O25/c1-15-27(2)56(70)83-42-23-38-37(62(71)21-19-36(61(42,62)10)28(3)76-33(8)64)17-16-34-22-35(18-20-60(34,38)9)81-43-24-39(72-11)50(29(4)77-43)84-44-25-40(73-12)51(30(5)78-44)85-58-48(68)54(74-13)53(32(7)79-58)87-59-49(69)55(75-14)52(31(6)80-59)86-57-47(67)46(66)45(65)41(26-63)82-57/h15-16,28-32,35-55,57-59,63,65-69,71H,17-26H2,1-14H3/b27-15+/t28-,29+,30+,31+,32+,35-,36+,37+,38-,39-,40-,41+,42+,43-,44-,45+,46-,47+,48+,49+,50-,51-,52+,53+,54+,55-,57-,58-,59-,60-,61-,62-/m0/s1. The predicted molar refractivity (Wildman–Crippen MR) is 302 cm³/mol. The van der Waals surface area contributed by atoms with Crippen molar-refractivity contribution in [1.29, 1.82) is 0 Å². The molecule has 4 aliphatic carbocycles. The molecule has 5 heterocycles. The lowest BCUT2D eigenvalue weighted by Gasteiger charge is -2.63. The molecule has 0 aromatic heterocycles. The first-order valence-electron chi connectivity index (χ1n) is 31.3. The van der Waals surface area contributed by atoms with Gasteiger partial charge in [-0.25, -0.2) is 4.79 Å². The van der Waals surface area contributed by atoms with Gasteiger partial charge in [-0.3, -0.25) is 4.79 Å². The highest BCUT2D eigenvalue weighted by Crippen LogP contribution is 2.69. The van der Waals surface area contributed by atoms with Crippen molar-refractivity contribution in [2.75, 3.05) is 35.0 Å². The maximum atomic E-state index is 13.6. The summed E-state index contributed by atoms with van der Waals surface area (Å²) in [4.78, 5) is 25.8. The summed E-state index contributed by atoms with van der Waals surface area (Å²) in [6, 6.07) is 0. The second-order valence-corrected chi connectivity index (χ2v) is 26.3. The van der Waals surface area contributed by atoms with Gasteiger partial charge in [0.15, 0.2) is 31.5 Å². The lowest BCUT2D eigenvalue weighted by molar-refractivity contribution is -0.383. The molecule has 5 saturated heterocycles. The number of carbonyl (C=O) groups excluding carboxylic acids is 2. The predicted octanol–water partition coefficient (Wildman–Crippen LogP) is 2.39. The summed E-state index contributed by atoms with van der Waals surface area (Å²) in [5.41, 5.74) is -0.533. The van der Waals surface area contributed by atoms with Crippen molar-refractivity contribution in [1.82, 2.24) is 0 Å². The van der Waals surface area contributed by atoms with Crippen LogP contribution in [0.15, 0.2) is 23.3 Å². The summed E-state index contributed by atoms with van der Waals surface area (Å²) >= 11 is 0. The van der Waals surface area contributed by atoms with E-state index < -0.39 is 177 Å². The van der Waals surface area contributed by atoms with Crippen molar-refractivity contribution in [3.8, 4) is 0 Å². The molecule has 9 rings (SSSR count). The van der Waals surface area contributed by atoms with E-state index in [4.69, 9.17) is 75.8 Å². The second-order valence-electron chi connectivity index (χ2n) is 26.3. The molecule has 0 radical (unpaired) electrons. The van der Waals surface area contributed by atoms with Crippen LogP contribution in [0.1, 0.15) is 127 Å². The highest BCUT2D eigenvalue weighted by molar-refractivity contribution is 5.87. The van der Waals surface area contributed by atoms with Crippen molar-refractivity contribution in [2.24, 2.45) is 28.6 Å². The maximum absolute atomic E-state index is 13.6. The zero-order valence-corrected chi connectivity index (χ0v) is 52.9. The largest absolute Gasteiger partial charge is 0.463 e. The molecule has 0 aromatic carbocycles. The molecule has 3 saturated carbocycles. The summed E-state index contributed by atoms with van der Waals surface area (Å²) in [7, 11) is 5.91. The second kappa shape index (κ2) is 28.0. The van der Waals surface area contributed by atoms with E-state index in [1.807, 2.05) is 27.7 Å². The fraction of sp³-hybridized carbons (Fsp3) is 0.903. The number of hydrogen-bond donors (Lipinski definition) is 7. The van der Waals surface area contributed by atoms with Crippen LogP contribution in [0.2, 0.25) is 0 Å². The SMILES string of the molecule is C/C=C(\C)C(=O)O[C@@H]1C[C@H]2[C@@H](CC=C3C[C@@H](O[C@H]4C[C@H](OC)[C@@H](O[C@H]5C[C@H](OC)[C@@H](O[C@@H]6O[C@H](C)[C@@H](O[C@@H]7O[C@H](C)[C@@H](O[C@@H]8O[C@H](CO)[C@@H](O)[C@H](O)[C@H]8O)[C@@H](OC)[C@H]7O)[C@H](OC)[C@H]6O)[C@@H](C)O5)[C@@H](C)O4)CC[C@@]32C)[C@@]2(O)CC[C@H]([C@H](C)OC(C)=O)[C@@]12C. The van der Waals surface area contributed by atoms with Crippen molar-refractivity contribution in [3.05, 3.63) is 23.3 Å². The molecule has 0 spiro atoms. The van der Waals surface area contributed by atoms with E-state index >= 15 is 0 Å². The van der Waals surface area contributed by atoms with Crippen LogP contribution in [-0.2, 0) is 85.4 Å². The summed E-state index contributed by atoms with van der Waals surface area (Å²) in [5, 5.41) is 77.4. The van der Waals surface area contributed by atoms with Crippen LogP contribution < -0.4 is 0 Å². The van der Waals surface area contributed by atoms with Crippen LogP contribution in [0.3, 0.4) is 0 Å². The normalized spacial score (nSPS) is 49.8. The lowest BCUT2D eigenvalue weighted by Crippen LogP contribution is -2.67. The van der Waals surface area contributed by atoms with Crippen LogP contribution in [0.5, 0.6) is 0 Å². The third kappa shape index (κ3) is 13.2. The molecule has 498 valence electrons. The number of esters is 2. The molecule has 25 heteroatoms. The fourth-order valence-corrected chi connectivity index (χ4v) is 16.5. The maximum Gasteiger partial charge on any atom is 0.333 e. The molecule has 32 atom stereocenters. The fourth-order valence-electron chi connectivity index (χ4n) is 16.5. The zero-order valence-electron chi connectivity index (χ0n) is 52.9. The number of methoxy groups -OCH3 is 4. The molecule has 5 aliphatic heterocycles. The first-order valence-corrected chi connectivity index (χ1v) is 31.3. The molecule has 8 fully saturated rings. The monoisotopic (exact) mass is 1240 g/mol.